The SMILES string of the molecule is Cc1ccc(Cl)cc1NC(=O)Nc1ccc(-c2cc(C(=O)NC(C(=O)O)C(C)C)on2)cc1. The summed E-state index contributed by atoms with van der Waals surface area (Å²) in [6, 6.07) is 11.9. The maximum absolute atomic E-state index is 12.3. The van der Waals surface area contributed by atoms with Gasteiger partial charge in [0.25, 0.3) is 5.91 Å². The van der Waals surface area contributed by atoms with Crippen LogP contribution in [0.2, 0.25) is 5.02 Å². The lowest BCUT2D eigenvalue weighted by Crippen LogP contribution is -2.44. The van der Waals surface area contributed by atoms with Gasteiger partial charge in [-0.25, -0.2) is 9.59 Å². The molecule has 0 aliphatic heterocycles. The second-order valence-corrected chi connectivity index (χ2v) is 8.16. The minimum absolute atomic E-state index is 0.102. The van der Waals surface area contributed by atoms with Crippen molar-refractivity contribution >= 4 is 40.9 Å². The van der Waals surface area contributed by atoms with Gasteiger partial charge in [0.1, 0.15) is 11.7 Å². The number of halogens is 1. The number of carbonyl (C=O) groups is 3. The molecule has 1 atom stereocenters. The van der Waals surface area contributed by atoms with Gasteiger partial charge in [-0.15, -0.1) is 0 Å². The Hall–Kier alpha value is -3.85. The normalized spacial score (nSPS) is 11.7. The zero-order valence-corrected chi connectivity index (χ0v) is 18.9. The van der Waals surface area contributed by atoms with Crippen molar-refractivity contribution in [3.8, 4) is 11.3 Å². The highest BCUT2D eigenvalue weighted by Crippen LogP contribution is 2.23. The molecule has 0 aliphatic rings. The topological polar surface area (TPSA) is 134 Å². The van der Waals surface area contributed by atoms with Crippen molar-refractivity contribution in [3.63, 3.8) is 0 Å². The van der Waals surface area contributed by atoms with Crippen LogP contribution >= 0.6 is 11.6 Å². The molecule has 1 unspecified atom stereocenters. The van der Waals surface area contributed by atoms with E-state index in [-0.39, 0.29) is 11.7 Å². The highest BCUT2D eigenvalue weighted by molar-refractivity contribution is 6.31. The largest absolute Gasteiger partial charge is 0.480 e. The number of benzene rings is 2. The summed E-state index contributed by atoms with van der Waals surface area (Å²) >= 11 is 5.97. The van der Waals surface area contributed by atoms with Crippen molar-refractivity contribution in [2.45, 2.75) is 26.8 Å². The molecule has 0 bridgehead atoms. The molecule has 3 rings (SSSR count). The molecule has 0 saturated carbocycles. The van der Waals surface area contributed by atoms with E-state index in [1.165, 1.54) is 6.07 Å². The van der Waals surface area contributed by atoms with Gasteiger partial charge in [0.15, 0.2) is 0 Å². The monoisotopic (exact) mass is 470 g/mol. The molecule has 1 heterocycles. The summed E-state index contributed by atoms with van der Waals surface area (Å²) in [6.07, 6.45) is 0. The maximum Gasteiger partial charge on any atom is 0.326 e. The second-order valence-electron chi connectivity index (χ2n) is 7.73. The summed E-state index contributed by atoms with van der Waals surface area (Å²) in [5.74, 6) is -2.19. The van der Waals surface area contributed by atoms with E-state index in [4.69, 9.17) is 16.1 Å². The summed E-state index contributed by atoms with van der Waals surface area (Å²) in [5, 5.41) is 21.5. The van der Waals surface area contributed by atoms with Crippen molar-refractivity contribution in [2.24, 2.45) is 5.92 Å². The number of aliphatic carboxylic acids is 1. The molecule has 10 heteroatoms. The zero-order chi connectivity index (χ0) is 24.1. The van der Waals surface area contributed by atoms with E-state index in [9.17, 15) is 19.5 Å². The fourth-order valence-corrected chi connectivity index (χ4v) is 3.15. The van der Waals surface area contributed by atoms with Gasteiger partial charge in [-0.3, -0.25) is 4.79 Å². The van der Waals surface area contributed by atoms with E-state index >= 15 is 0 Å². The molecule has 4 N–H and O–H groups in total. The lowest BCUT2D eigenvalue weighted by Gasteiger charge is -2.16. The predicted octanol–water partition coefficient (Wildman–Crippen LogP) is 4.79. The fraction of sp³-hybridized carbons (Fsp3) is 0.217. The Labute approximate surface area is 195 Å². The molecule has 3 aromatic rings. The van der Waals surface area contributed by atoms with Gasteiger partial charge in [-0.1, -0.05) is 48.8 Å². The Morgan fingerprint density at radius 1 is 1.03 bits per heavy atom. The average molecular weight is 471 g/mol. The third-order valence-corrected chi connectivity index (χ3v) is 5.07. The van der Waals surface area contributed by atoms with Crippen LogP contribution in [0.3, 0.4) is 0 Å². The van der Waals surface area contributed by atoms with Crippen LogP contribution in [0.25, 0.3) is 11.3 Å². The molecular weight excluding hydrogens is 448 g/mol. The van der Waals surface area contributed by atoms with Gasteiger partial charge < -0.3 is 25.6 Å². The summed E-state index contributed by atoms with van der Waals surface area (Å²) in [5.41, 5.74) is 3.06. The van der Waals surface area contributed by atoms with E-state index in [1.807, 2.05) is 13.0 Å². The Balaban J connectivity index is 1.64. The van der Waals surface area contributed by atoms with Gasteiger partial charge in [0, 0.05) is 28.0 Å². The number of aryl methyl sites for hydroxylation is 1. The summed E-state index contributed by atoms with van der Waals surface area (Å²) in [6.45, 7) is 5.24. The molecular formula is C23H23ClN4O5. The van der Waals surface area contributed by atoms with E-state index in [0.717, 1.165) is 5.56 Å². The Morgan fingerprint density at radius 3 is 2.36 bits per heavy atom. The number of carboxylic acid groups (broad SMARTS) is 1. The van der Waals surface area contributed by atoms with Crippen molar-refractivity contribution < 1.29 is 24.0 Å². The van der Waals surface area contributed by atoms with Crippen molar-refractivity contribution in [3.05, 3.63) is 64.9 Å². The Bertz CT molecular complexity index is 1170. The number of nitrogens with one attached hydrogen (secondary N) is 3. The minimum Gasteiger partial charge on any atom is -0.480 e. The standard InChI is InChI=1S/C23H23ClN4O5/c1-12(2)20(22(30)31)27-21(29)19-11-18(28-33-19)14-5-8-16(9-6-14)25-23(32)26-17-10-15(24)7-4-13(17)3/h4-12,20H,1-3H3,(H,27,29)(H,30,31)(H2,25,26,32). The highest BCUT2D eigenvalue weighted by atomic mass is 35.5. The number of anilines is 2. The van der Waals surface area contributed by atoms with Gasteiger partial charge >= 0.3 is 12.0 Å². The molecule has 0 fully saturated rings. The second kappa shape index (κ2) is 10.2. The first kappa shape index (κ1) is 23.8. The van der Waals surface area contributed by atoms with E-state index in [0.29, 0.717) is 27.7 Å². The lowest BCUT2D eigenvalue weighted by atomic mass is 10.0. The first-order valence-corrected chi connectivity index (χ1v) is 10.5. The number of urea groups is 1. The van der Waals surface area contributed by atoms with Crippen LogP contribution in [-0.4, -0.2) is 34.2 Å². The van der Waals surface area contributed by atoms with Crippen LogP contribution < -0.4 is 16.0 Å². The van der Waals surface area contributed by atoms with Crippen LogP contribution in [0.4, 0.5) is 16.2 Å². The first-order chi connectivity index (χ1) is 15.6. The maximum atomic E-state index is 12.3. The number of amides is 3. The van der Waals surface area contributed by atoms with Gasteiger partial charge in [0.2, 0.25) is 5.76 Å². The number of carboxylic acids is 1. The first-order valence-electron chi connectivity index (χ1n) is 10.1. The molecule has 0 radical (unpaired) electrons. The third-order valence-electron chi connectivity index (χ3n) is 4.84. The molecule has 0 saturated heterocycles. The lowest BCUT2D eigenvalue weighted by molar-refractivity contribution is -0.140. The summed E-state index contributed by atoms with van der Waals surface area (Å²) in [4.78, 5) is 35.9. The van der Waals surface area contributed by atoms with Crippen LogP contribution in [0, 0.1) is 12.8 Å². The van der Waals surface area contributed by atoms with Gasteiger partial charge in [-0.05, 0) is 42.7 Å². The Morgan fingerprint density at radius 2 is 1.73 bits per heavy atom. The minimum atomic E-state index is -1.13. The van der Waals surface area contributed by atoms with Crippen LogP contribution in [0.5, 0.6) is 0 Å². The number of carbonyl (C=O) groups excluding carboxylic acids is 2. The zero-order valence-electron chi connectivity index (χ0n) is 18.2. The average Bonchev–Trinajstić information content (AvgIpc) is 3.25. The Kier molecular flexibility index (Phi) is 7.34. The molecule has 0 aliphatic carbocycles. The molecule has 1 aromatic heterocycles. The van der Waals surface area contributed by atoms with Gasteiger partial charge in [0.05, 0.1) is 0 Å². The smallest absolute Gasteiger partial charge is 0.326 e. The number of aromatic nitrogens is 1. The molecule has 3 amide bonds. The van der Waals surface area contributed by atoms with Crippen molar-refractivity contribution in [1.82, 2.24) is 10.5 Å². The molecule has 9 nitrogen and oxygen atoms in total. The number of hydrogen-bond donors (Lipinski definition) is 4. The number of nitrogens with zero attached hydrogens (tertiary/aromatic N) is 1. The number of hydrogen-bond acceptors (Lipinski definition) is 5. The van der Waals surface area contributed by atoms with Crippen LogP contribution in [0.1, 0.15) is 30.0 Å². The molecule has 172 valence electrons. The molecule has 2 aromatic carbocycles. The number of rotatable bonds is 7. The fourth-order valence-electron chi connectivity index (χ4n) is 2.98. The van der Waals surface area contributed by atoms with E-state index in [1.54, 1.807) is 50.2 Å². The van der Waals surface area contributed by atoms with E-state index < -0.39 is 23.9 Å². The van der Waals surface area contributed by atoms with Crippen LogP contribution in [-0.2, 0) is 4.79 Å². The summed E-state index contributed by atoms with van der Waals surface area (Å²) < 4.78 is 5.08. The van der Waals surface area contributed by atoms with E-state index in [2.05, 4.69) is 21.1 Å². The van der Waals surface area contributed by atoms with Crippen molar-refractivity contribution in [1.29, 1.82) is 0 Å². The predicted molar refractivity (Wildman–Crippen MR) is 124 cm³/mol. The summed E-state index contributed by atoms with van der Waals surface area (Å²) in [7, 11) is 0. The van der Waals surface area contributed by atoms with Crippen molar-refractivity contribution in [2.75, 3.05) is 10.6 Å². The third kappa shape index (κ3) is 6.11. The van der Waals surface area contributed by atoms with Crippen LogP contribution in [0.15, 0.2) is 53.1 Å². The molecule has 33 heavy (non-hydrogen) atoms. The quantitative estimate of drug-likeness (QED) is 0.392. The van der Waals surface area contributed by atoms with Gasteiger partial charge in [-0.2, -0.15) is 0 Å². The molecule has 0 spiro atoms. The highest BCUT2D eigenvalue weighted by Gasteiger charge is 2.25.